The molecule has 2 aromatic rings. The summed E-state index contributed by atoms with van der Waals surface area (Å²) in [5.41, 5.74) is 3.37. The van der Waals surface area contributed by atoms with Crippen LogP contribution in [0.4, 0.5) is 4.39 Å². The molecule has 1 aromatic heterocycles. The van der Waals surface area contributed by atoms with Gasteiger partial charge in [0.15, 0.2) is 0 Å². The Kier molecular flexibility index (Phi) is 5.36. The van der Waals surface area contributed by atoms with Crippen molar-refractivity contribution in [2.75, 3.05) is 6.54 Å². The van der Waals surface area contributed by atoms with Gasteiger partial charge in [0.05, 0.1) is 8.93 Å². The molecule has 1 nitrogen and oxygen atoms in total. The minimum absolute atomic E-state index is 0.0791. The molecule has 2 rings (SSSR count). The number of hydrogen-bond acceptors (Lipinski definition) is 2. The number of thiophene rings is 1. The van der Waals surface area contributed by atoms with Gasteiger partial charge in [-0.05, 0) is 82.7 Å². The quantitative estimate of drug-likeness (QED) is 0.719. The zero-order valence-corrected chi connectivity index (χ0v) is 14.0. The van der Waals surface area contributed by atoms with Gasteiger partial charge in [-0.3, -0.25) is 0 Å². The van der Waals surface area contributed by atoms with E-state index in [0.717, 1.165) is 24.1 Å². The van der Waals surface area contributed by atoms with E-state index in [1.54, 1.807) is 17.4 Å². The third-order valence-electron chi connectivity index (χ3n) is 3.07. The lowest BCUT2D eigenvalue weighted by molar-refractivity contribution is 0.584. The van der Waals surface area contributed by atoms with Gasteiger partial charge in [-0.1, -0.05) is 13.0 Å². The van der Waals surface area contributed by atoms with Crippen molar-refractivity contribution >= 4 is 33.9 Å². The summed E-state index contributed by atoms with van der Waals surface area (Å²) in [4.78, 5) is 0. The molecule has 1 unspecified atom stereocenters. The van der Waals surface area contributed by atoms with Crippen LogP contribution in [0.3, 0.4) is 0 Å². The third kappa shape index (κ3) is 3.77. The summed E-state index contributed by atoms with van der Waals surface area (Å²) in [6, 6.07) is 7.27. The number of benzene rings is 1. The van der Waals surface area contributed by atoms with Crippen LogP contribution in [-0.4, -0.2) is 6.54 Å². The van der Waals surface area contributed by atoms with Crippen LogP contribution in [0.1, 0.15) is 36.1 Å². The van der Waals surface area contributed by atoms with Gasteiger partial charge in [0, 0.05) is 0 Å². The van der Waals surface area contributed by atoms with Crippen molar-refractivity contribution in [3.8, 4) is 0 Å². The molecule has 1 atom stereocenters. The van der Waals surface area contributed by atoms with Crippen molar-refractivity contribution in [3.05, 3.63) is 55.0 Å². The van der Waals surface area contributed by atoms with Crippen molar-refractivity contribution < 1.29 is 4.39 Å². The Labute approximate surface area is 131 Å². The van der Waals surface area contributed by atoms with Crippen molar-refractivity contribution in [2.45, 2.75) is 26.3 Å². The lowest BCUT2D eigenvalue weighted by Gasteiger charge is -2.20. The Morgan fingerprint density at radius 3 is 2.79 bits per heavy atom. The highest BCUT2D eigenvalue weighted by Crippen LogP contribution is 2.29. The largest absolute Gasteiger partial charge is 0.306 e. The summed E-state index contributed by atoms with van der Waals surface area (Å²) in [5, 5.41) is 5.67. The Morgan fingerprint density at radius 2 is 2.16 bits per heavy atom. The Hall–Kier alpha value is -0.460. The van der Waals surface area contributed by atoms with Gasteiger partial charge < -0.3 is 5.32 Å². The van der Waals surface area contributed by atoms with Gasteiger partial charge >= 0.3 is 0 Å². The van der Waals surface area contributed by atoms with Crippen molar-refractivity contribution in [3.63, 3.8) is 0 Å². The van der Waals surface area contributed by atoms with E-state index in [2.05, 4.69) is 46.3 Å². The maximum absolute atomic E-state index is 13.5. The zero-order chi connectivity index (χ0) is 13.8. The van der Waals surface area contributed by atoms with E-state index in [4.69, 9.17) is 0 Å². The molecular formula is C15H17FINS. The van der Waals surface area contributed by atoms with Crippen molar-refractivity contribution in [2.24, 2.45) is 0 Å². The van der Waals surface area contributed by atoms with E-state index in [1.807, 2.05) is 13.0 Å². The van der Waals surface area contributed by atoms with Crippen LogP contribution in [-0.2, 0) is 0 Å². The van der Waals surface area contributed by atoms with E-state index in [-0.39, 0.29) is 11.9 Å². The number of nitrogens with one attached hydrogen (secondary N) is 1. The molecule has 0 radical (unpaired) electrons. The standard InChI is InChI=1S/C15H17FINS/c1-3-6-18-15(11-7-14(17)19-9-11)13-8-12(16)5-4-10(13)2/h4-5,7-9,15,18H,3,6H2,1-2H3. The first-order valence-electron chi connectivity index (χ1n) is 6.35. The third-order valence-corrected chi connectivity index (χ3v) is 4.88. The van der Waals surface area contributed by atoms with Gasteiger partial charge in [0.1, 0.15) is 5.82 Å². The summed E-state index contributed by atoms with van der Waals surface area (Å²) in [7, 11) is 0. The van der Waals surface area contributed by atoms with Gasteiger partial charge in [0.25, 0.3) is 0 Å². The molecule has 0 amide bonds. The monoisotopic (exact) mass is 389 g/mol. The molecular weight excluding hydrogens is 372 g/mol. The molecule has 102 valence electrons. The molecule has 0 spiro atoms. The van der Waals surface area contributed by atoms with Crippen LogP contribution in [0, 0.1) is 15.6 Å². The van der Waals surface area contributed by atoms with Gasteiger partial charge in [-0.15, -0.1) is 11.3 Å². The SMILES string of the molecule is CCCNC(c1csc(I)c1)c1cc(F)ccc1C. The second-order valence-corrected chi connectivity index (χ2v) is 7.38. The van der Waals surface area contributed by atoms with E-state index >= 15 is 0 Å². The van der Waals surface area contributed by atoms with E-state index in [9.17, 15) is 4.39 Å². The summed E-state index contributed by atoms with van der Waals surface area (Å²) >= 11 is 4.05. The first-order chi connectivity index (χ1) is 9.11. The minimum Gasteiger partial charge on any atom is -0.306 e. The number of hydrogen-bond donors (Lipinski definition) is 1. The summed E-state index contributed by atoms with van der Waals surface area (Å²) in [6.07, 6.45) is 1.06. The normalized spacial score (nSPS) is 12.6. The summed E-state index contributed by atoms with van der Waals surface area (Å²) < 4.78 is 14.8. The Morgan fingerprint density at radius 1 is 1.37 bits per heavy atom. The maximum atomic E-state index is 13.5. The minimum atomic E-state index is -0.172. The summed E-state index contributed by atoms with van der Waals surface area (Å²) in [5.74, 6) is -0.172. The van der Waals surface area contributed by atoms with Gasteiger partial charge in [0.2, 0.25) is 0 Å². The topological polar surface area (TPSA) is 12.0 Å². The van der Waals surface area contributed by atoms with E-state index in [0.29, 0.717) is 0 Å². The highest BCUT2D eigenvalue weighted by molar-refractivity contribution is 14.1. The maximum Gasteiger partial charge on any atom is 0.123 e. The Balaban J connectivity index is 2.39. The fourth-order valence-electron chi connectivity index (χ4n) is 2.09. The fraction of sp³-hybridized carbons (Fsp3) is 0.333. The second-order valence-electron chi connectivity index (χ2n) is 4.57. The van der Waals surface area contributed by atoms with Crippen LogP contribution >= 0.6 is 33.9 Å². The average Bonchev–Trinajstić information content (AvgIpc) is 2.80. The van der Waals surface area contributed by atoms with Crippen LogP contribution in [0.5, 0.6) is 0 Å². The molecule has 0 saturated heterocycles. The lowest BCUT2D eigenvalue weighted by atomic mass is 9.96. The molecule has 0 bridgehead atoms. The van der Waals surface area contributed by atoms with Crippen LogP contribution in [0.2, 0.25) is 0 Å². The zero-order valence-electron chi connectivity index (χ0n) is 11.0. The van der Waals surface area contributed by atoms with E-state index in [1.165, 1.54) is 14.5 Å². The van der Waals surface area contributed by atoms with Crippen LogP contribution in [0.15, 0.2) is 29.6 Å². The highest BCUT2D eigenvalue weighted by atomic mass is 127. The number of rotatable bonds is 5. The smallest absolute Gasteiger partial charge is 0.123 e. The molecule has 4 heteroatoms. The molecule has 19 heavy (non-hydrogen) atoms. The Bertz CT molecular complexity index is 553. The molecule has 0 aliphatic rings. The first-order valence-corrected chi connectivity index (χ1v) is 8.31. The van der Waals surface area contributed by atoms with Crippen LogP contribution in [0.25, 0.3) is 0 Å². The molecule has 1 heterocycles. The molecule has 1 aromatic carbocycles. The lowest BCUT2D eigenvalue weighted by Crippen LogP contribution is -2.23. The predicted octanol–water partition coefficient (Wildman–Crippen LogP) is 4.89. The van der Waals surface area contributed by atoms with Gasteiger partial charge in [-0.2, -0.15) is 0 Å². The second kappa shape index (κ2) is 6.81. The highest BCUT2D eigenvalue weighted by Gasteiger charge is 2.17. The number of halogens is 2. The predicted molar refractivity (Wildman–Crippen MR) is 88.3 cm³/mol. The van der Waals surface area contributed by atoms with Gasteiger partial charge in [-0.25, -0.2) is 4.39 Å². The van der Waals surface area contributed by atoms with E-state index < -0.39 is 0 Å². The average molecular weight is 389 g/mol. The summed E-state index contributed by atoms with van der Waals surface area (Å²) in [6.45, 7) is 5.10. The molecule has 0 saturated carbocycles. The van der Waals surface area contributed by atoms with Crippen molar-refractivity contribution in [1.82, 2.24) is 5.32 Å². The van der Waals surface area contributed by atoms with Crippen molar-refractivity contribution in [1.29, 1.82) is 0 Å². The molecule has 0 fully saturated rings. The van der Waals surface area contributed by atoms with Crippen LogP contribution < -0.4 is 5.32 Å². The molecule has 0 aliphatic carbocycles. The fourth-order valence-corrected chi connectivity index (χ4v) is 3.49. The molecule has 1 N–H and O–H groups in total. The number of aryl methyl sites for hydroxylation is 1. The molecule has 0 aliphatic heterocycles. The first kappa shape index (κ1) is 14.9.